The van der Waals surface area contributed by atoms with Gasteiger partial charge in [0, 0.05) is 6.54 Å². The number of hydrogen-bond donors (Lipinski definition) is 2. The molecule has 0 saturated heterocycles. The van der Waals surface area contributed by atoms with Crippen molar-refractivity contribution in [2.24, 2.45) is 11.8 Å². The zero-order valence-electron chi connectivity index (χ0n) is 8.54. The van der Waals surface area contributed by atoms with Crippen molar-refractivity contribution in [2.45, 2.75) is 13.8 Å². The normalized spacial score (nSPS) is 15.3. The monoisotopic (exact) mass is 205 g/mol. The molecule has 3 nitrogen and oxygen atoms in total. The molecule has 0 fully saturated rings. The largest absolute Gasteiger partial charge is 0.481 e. The van der Waals surface area contributed by atoms with Gasteiger partial charge in [-0.05, 0) is 24.5 Å². The molecule has 13 heavy (non-hydrogen) atoms. The Kier molecular flexibility index (Phi) is 7.09. The van der Waals surface area contributed by atoms with Gasteiger partial charge in [0.15, 0.2) is 0 Å². The molecule has 0 heterocycles. The molecule has 0 bridgehead atoms. The first-order valence-electron chi connectivity index (χ1n) is 4.50. The Morgan fingerprint density at radius 1 is 1.46 bits per heavy atom. The van der Waals surface area contributed by atoms with Crippen LogP contribution in [0.4, 0.5) is 0 Å². The van der Waals surface area contributed by atoms with Gasteiger partial charge in [-0.25, -0.2) is 0 Å². The minimum atomic E-state index is -0.731. The number of carboxylic acids is 1. The molecule has 0 aliphatic carbocycles. The van der Waals surface area contributed by atoms with Crippen LogP contribution in [0.3, 0.4) is 0 Å². The Hall–Kier alpha value is -0.220. The summed E-state index contributed by atoms with van der Waals surface area (Å²) in [5.74, 6) is 0.705. The van der Waals surface area contributed by atoms with Crippen LogP contribution >= 0.6 is 11.8 Å². The Morgan fingerprint density at radius 2 is 2.08 bits per heavy atom. The number of nitrogens with one attached hydrogen (secondary N) is 1. The molecule has 0 rings (SSSR count). The highest BCUT2D eigenvalue weighted by atomic mass is 32.2. The maximum Gasteiger partial charge on any atom is 0.307 e. The molecular formula is C9H19NO2S. The maximum atomic E-state index is 10.5. The Morgan fingerprint density at radius 3 is 2.54 bits per heavy atom. The lowest BCUT2D eigenvalue weighted by atomic mass is 10.1. The van der Waals surface area contributed by atoms with Crippen LogP contribution < -0.4 is 5.32 Å². The highest BCUT2D eigenvalue weighted by molar-refractivity contribution is 7.98. The van der Waals surface area contributed by atoms with Crippen LogP contribution in [0.5, 0.6) is 0 Å². The van der Waals surface area contributed by atoms with E-state index in [9.17, 15) is 4.79 Å². The van der Waals surface area contributed by atoms with E-state index in [0.717, 1.165) is 12.3 Å². The molecule has 0 aliphatic rings. The summed E-state index contributed by atoms with van der Waals surface area (Å²) >= 11 is 1.82. The Labute approximate surface area is 84.3 Å². The number of thioether (sulfide) groups is 1. The molecule has 0 saturated carbocycles. The molecule has 0 aromatic carbocycles. The molecule has 0 spiro atoms. The number of rotatable bonds is 7. The maximum absolute atomic E-state index is 10.5. The van der Waals surface area contributed by atoms with Crippen molar-refractivity contribution < 1.29 is 9.90 Å². The average Bonchev–Trinajstić information content (AvgIpc) is 2.04. The van der Waals surface area contributed by atoms with Gasteiger partial charge in [-0.3, -0.25) is 4.79 Å². The van der Waals surface area contributed by atoms with Crippen molar-refractivity contribution in [1.29, 1.82) is 0 Å². The smallest absolute Gasteiger partial charge is 0.307 e. The summed E-state index contributed by atoms with van der Waals surface area (Å²) < 4.78 is 0. The van der Waals surface area contributed by atoms with Gasteiger partial charge in [0.1, 0.15) is 0 Å². The number of aliphatic carboxylic acids is 1. The van der Waals surface area contributed by atoms with Gasteiger partial charge < -0.3 is 10.4 Å². The van der Waals surface area contributed by atoms with Crippen LogP contribution in [0.2, 0.25) is 0 Å². The topological polar surface area (TPSA) is 49.3 Å². The second kappa shape index (κ2) is 7.21. The number of carboxylic acid groups (broad SMARTS) is 1. The highest BCUT2D eigenvalue weighted by Gasteiger charge is 2.10. The summed E-state index contributed by atoms with van der Waals surface area (Å²) in [5.41, 5.74) is 0. The molecule has 0 amide bonds. The van der Waals surface area contributed by atoms with Crippen molar-refractivity contribution >= 4 is 17.7 Å². The van der Waals surface area contributed by atoms with Gasteiger partial charge in [0.05, 0.1) is 5.92 Å². The Balaban J connectivity index is 3.39. The van der Waals surface area contributed by atoms with Crippen molar-refractivity contribution in [1.82, 2.24) is 5.32 Å². The minimum absolute atomic E-state index is 0.290. The highest BCUT2D eigenvalue weighted by Crippen LogP contribution is 2.02. The third-order valence-corrected chi connectivity index (χ3v) is 2.72. The summed E-state index contributed by atoms with van der Waals surface area (Å²) in [5, 5.41) is 11.8. The third kappa shape index (κ3) is 6.90. The Bertz CT molecular complexity index is 153. The van der Waals surface area contributed by atoms with Crippen LogP contribution in [0, 0.1) is 11.8 Å². The predicted molar refractivity (Wildman–Crippen MR) is 57.2 cm³/mol. The fourth-order valence-corrected chi connectivity index (χ4v) is 1.66. The summed E-state index contributed by atoms with van der Waals surface area (Å²) in [6.45, 7) is 5.34. The van der Waals surface area contributed by atoms with E-state index in [0.29, 0.717) is 12.5 Å². The second-order valence-corrected chi connectivity index (χ2v) is 4.37. The quantitative estimate of drug-likeness (QED) is 0.657. The van der Waals surface area contributed by atoms with E-state index >= 15 is 0 Å². The summed E-state index contributed by atoms with van der Waals surface area (Å²) in [4.78, 5) is 10.5. The fraction of sp³-hybridized carbons (Fsp3) is 0.889. The molecule has 2 unspecified atom stereocenters. The predicted octanol–water partition coefficient (Wildman–Crippen LogP) is 1.30. The van der Waals surface area contributed by atoms with Crippen molar-refractivity contribution in [3.63, 3.8) is 0 Å². The van der Waals surface area contributed by atoms with Crippen LogP contribution in [0.15, 0.2) is 0 Å². The van der Waals surface area contributed by atoms with Crippen molar-refractivity contribution in [3.8, 4) is 0 Å². The van der Waals surface area contributed by atoms with Crippen LogP contribution in [-0.2, 0) is 4.79 Å². The lowest BCUT2D eigenvalue weighted by molar-refractivity contribution is -0.140. The van der Waals surface area contributed by atoms with E-state index in [-0.39, 0.29) is 5.92 Å². The lowest BCUT2D eigenvalue weighted by Gasteiger charge is -2.12. The zero-order chi connectivity index (χ0) is 10.3. The summed E-state index contributed by atoms with van der Waals surface area (Å²) in [6, 6.07) is 0. The van der Waals surface area contributed by atoms with Gasteiger partial charge in [0.25, 0.3) is 0 Å². The first-order chi connectivity index (χ1) is 6.07. The van der Waals surface area contributed by atoms with E-state index in [4.69, 9.17) is 5.11 Å². The van der Waals surface area contributed by atoms with Crippen LogP contribution in [0.25, 0.3) is 0 Å². The van der Waals surface area contributed by atoms with E-state index in [2.05, 4.69) is 18.5 Å². The average molecular weight is 205 g/mol. The molecule has 0 aliphatic heterocycles. The molecule has 4 heteroatoms. The molecule has 2 N–H and O–H groups in total. The number of carbonyl (C=O) groups is 1. The summed E-state index contributed by atoms with van der Waals surface area (Å²) in [7, 11) is 0. The first-order valence-corrected chi connectivity index (χ1v) is 5.89. The lowest BCUT2D eigenvalue weighted by Crippen LogP contribution is -2.30. The van der Waals surface area contributed by atoms with Gasteiger partial charge in [-0.15, -0.1) is 0 Å². The second-order valence-electron chi connectivity index (χ2n) is 3.46. The van der Waals surface area contributed by atoms with E-state index in [1.54, 1.807) is 6.92 Å². The van der Waals surface area contributed by atoms with E-state index in [1.165, 1.54) is 0 Å². The SMILES string of the molecule is CSCC(C)CNCC(C)C(=O)O. The van der Waals surface area contributed by atoms with E-state index in [1.807, 2.05) is 11.8 Å². The van der Waals surface area contributed by atoms with Gasteiger partial charge in [-0.1, -0.05) is 13.8 Å². The standard InChI is InChI=1S/C9H19NO2S/c1-7(6-13-3)4-10-5-8(2)9(11)12/h7-8,10H,4-6H2,1-3H3,(H,11,12). The van der Waals surface area contributed by atoms with Crippen LogP contribution in [-0.4, -0.2) is 36.2 Å². The summed E-state index contributed by atoms with van der Waals surface area (Å²) in [6.07, 6.45) is 2.08. The zero-order valence-corrected chi connectivity index (χ0v) is 9.36. The molecule has 0 aromatic heterocycles. The molecule has 2 atom stereocenters. The van der Waals surface area contributed by atoms with Crippen molar-refractivity contribution in [3.05, 3.63) is 0 Å². The van der Waals surface area contributed by atoms with Crippen molar-refractivity contribution in [2.75, 3.05) is 25.1 Å². The van der Waals surface area contributed by atoms with Gasteiger partial charge in [-0.2, -0.15) is 11.8 Å². The molecular weight excluding hydrogens is 186 g/mol. The number of hydrogen-bond acceptors (Lipinski definition) is 3. The first kappa shape index (κ1) is 12.8. The van der Waals surface area contributed by atoms with Crippen LogP contribution in [0.1, 0.15) is 13.8 Å². The molecule has 0 radical (unpaired) electrons. The minimum Gasteiger partial charge on any atom is -0.481 e. The van der Waals surface area contributed by atoms with Gasteiger partial charge >= 0.3 is 5.97 Å². The molecule has 78 valence electrons. The fourth-order valence-electron chi connectivity index (χ4n) is 0.977. The van der Waals surface area contributed by atoms with Gasteiger partial charge in [0.2, 0.25) is 0 Å². The third-order valence-electron chi connectivity index (χ3n) is 1.82. The molecule has 0 aromatic rings. The van der Waals surface area contributed by atoms with E-state index < -0.39 is 5.97 Å².